The van der Waals surface area contributed by atoms with Gasteiger partial charge in [-0.15, -0.1) is 0 Å². The third-order valence-corrected chi connectivity index (χ3v) is 4.39. The predicted octanol–water partition coefficient (Wildman–Crippen LogP) is 0.596. The minimum Gasteiger partial charge on any atom is -0.366 e. The fraction of sp³-hybridized carbons (Fsp3) is 0.353. The second-order valence-electron chi connectivity index (χ2n) is 6.31. The molecule has 0 unspecified atom stereocenters. The van der Waals surface area contributed by atoms with Gasteiger partial charge in [0.05, 0.1) is 12.7 Å². The van der Waals surface area contributed by atoms with Crippen molar-refractivity contribution in [3.05, 3.63) is 57.5 Å². The molecule has 1 aliphatic heterocycles. The second-order valence-corrected chi connectivity index (χ2v) is 6.31. The fourth-order valence-electron chi connectivity index (χ4n) is 3.15. The SMILES string of the molecule is NC(=O)c1ccc(F)cc1Cn1c(N2CCC[C@@H](N)C2)ncc(F)c1=O. The van der Waals surface area contributed by atoms with E-state index >= 15 is 0 Å². The molecule has 138 valence electrons. The summed E-state index contributed by atoms with van der Waals surface area (Å²) in [4.78, 5) is 29.8. The lowest BCUT2D eigenvalue weighted by Gasteiger charge is -2.32. The zero-order chi connectivity index (χ0) is 18.8. The topological polar surface area (TPSA) is 107 Å². The number of halogens is 2. The van der Waals surface area contributed by atoms with Crippen LogP contribution in [-0.4, -0.2) is 34.6 Å². The van der Waals surface area contributed by atoms with Crippen LogP contribution in [0.3, 0.4) is 0 Å². The number of carbonyl (C=O) groups excluding carboxylic acids is 1. The van der Waals surface area contributed by atoms with Gasteiger partial charge in [-0.2, -0.15) is 4.39 Å². The van der Waals surface area contributed by atoms with Gasteiger partial charge in [0.2, 0.25) is 17.7 Å². The van der Waals surface area contributed by atoms with Crippen LogP contribution in [0.15, 0.2) is 29.2 Å². The quantitative estimate of drug-likeness (QED) is 0.827. The molecule has 0 saturated carbocycles. The molecule has 7 nitrogen and oxygen atoms in total. The van der Waals surface area contributed by atoms with E-state index in [0.29, 0.717) is 13.1 Å². The Bertz CT molecular complexity index is 899. The van der Waals surface area contributed by atoms with Gasteiger partial charge in [-0.3, -0.25) is 14.2 Å². The number of rotatable bonds is 4. The Hall–Kier alpha value is -2.81. The summed E-state index contributed by atoms with van der Waals surface area (Å²) >= 11 is 0. The number of piperidine rings is 1. The molecule has 1 saturated heterocycles. The zero-order valence-electron chi connectivity index (χ0n) is 14.0. The summed E-state index contributed by atoms with van der Waals surface area (Å²) < 4.78 is 28.6. The van der Waals surface area contributed by atoms with Crippen LogP contribution in [0.1, 0.15) is 28.8 Å². The van der Waals surface area contributed by atoms with Gasteiger partial charge >= 0.3 is 0 Å². The first-order valence-corrected chi connectivity index (χ1v) is 8.21. The molecular weight excluding hydrogens is 344 g/mol. The molecule has 1 atom stereocenters. The molecule has 1 aromatic carbocycles. The summed E-state index contributed by atoms with van der Waals surface area (Å²) in [6.45, 7) is 0.836. The smallest absolute Gasteiger partial charge is 0.291 e. The Balaban J connectivity index is 2.08. The number of benzene rings is 1. The van der Waals surface area contributed by atoms with Gasteiger partial charge in [0, 0.05) is 24.7 Å². The number of hydrogen-bond donors (Lipinski definition) is 2. The monoisotopic (exact) mass is 363 g/mol. The zero-order valence-corrected chi connectivity index (χ0v) is 14.0. The number of nitrogens with two attached hydrogens (primary N) is 2. The Morgan fingerprint density at radius 3 is 2.81 bits per heavy atom. The Morgan fingerprint density at radius 2 is 2.12 bits per heavy atom. The van der Waals surface area contributed by atoms with E-state index in [1.165, 1.54) is 6.07 Å². The first-order chi connectivity index (χ1) is 12.4. The number of amides is 1. The molecule has 0 aliphatic carbocycles. The fourth-order valence-corrected chi connectivity index (χ4v) is 3.15. The van der Waals surface area contributed by atoms with Crippen molar-refractivity contribution < 1.29 is 13.6 Å². The Kier molecular flexibility index (Phi) is 4.99. The summed E-state index contributed by atoms with van der Waals surface area (Å²) in [6, 6.07) is 3.35. The predicted molar refractivity (Wildman–Crippen MR) is 91.9 cm³/mol. The van der Waals surface area contributed by atoms with Gasteiger partial charge in [-0.1, -0.05) is 0 Å². The highest BCUT2D eigenvalue weighted by atomic mass is 19.1. The average Bonchev–Trinajstić information content (AvgIpc) is 2.59. The van der Waals surface area contributed by atoms with E-state index in [9.17, 15) is 18.4 Å². The molecule has 26 heavy (non-hydrogen) atoms. The molecule has 1 fully saturated rings. The lowest BCUT2D eigenvalue weighted by molar-refractivity contribution is 0.0999. The van der Waals surface area contributed by atoms with E-state index < -0.39 is 23.1 Å². The minimum atomic E-state index is -1.04. The summed E-state index contributed by atoms with van der Waals surface area (Å²) in [7, 11) is 0. The normalized spacial score (nSPS) is 17.3. The summed E-state index contributed by atoms with van der Waals surface area (Å²) in [5.41, 5.74) is 10.6. The third kappa shape index (κ3) is 3.57. The highest BCUT2D eigenvalue weighted by Gasteiger charge is 2.23. The molecule has 0 spiro atoms. The molecule has 3 rings (SSSR count). The molecule has 1 aromatic heterocycles. The molecule has 0 bridgehead atoms. The lowest BCUT2D eigenvalue weighted by Crippen LogP contribution is -2.45. The van der Waals surface area contributed by atoms with Gasteiger partial charge in [0.15, 0.2) is 0 Å². The maximum Gasteiger partial charge on any atom is 0.291 e. The van der Waals surface area contributed by atoms with Crippen molar-refractivity contribution in [2.24, 2.45) is 11.5 Å². The maximum atomic E-state index is 13.8. The first kappa shape index (κ1) is 18.0. The number of primary amides is 1. The van der Waals surface area contributed by atoms with Crippen LogP contribution in [-0.2, 0) is 6.54 Å². The maximum absolute atomic E-state index is 13.8. The Morgan fingerprint density at radius 1 is 1.35 bits per heavy atom. The van der Waals surface area contributed by atoms with E-state index in [2.05, 4.69) is 4.98 Å². The molecule has 1 aliphatic rings. The number of nitrogens with zero attached hydrogens (tertiary/aromatic N) is 3. The van der Waals surface area contributed by atoms with Gasteiger partial charge < -0.3 is 16.4 Å². The van der Waals surface area contributed by atoms with Crippen molar-refractivity contribution in [1.29, 1.82) is 0 Å². The first-order valence-electron chi connectivity index (χ1n) is 8.21. The van der Waals surface area contributed by atoms with E-state index in [0.717, 1.165) is 35.7 Å². The van der Waals surface area contributed by atoms with Gasteiger partial charge in [-0.05, 0) is 36.6 Å². The van der Waals surface area contributed by atoms with E-state index in [1.807, 2.05) is 0 Å². The van der Waals surface area contributed by atoms with Crippen LogP contribution < -0.4 is 21.9 Å². The lowest BCUT2D eigenvalue weighted by atomic mass is 10.1. The van der Waals surface area contributed by atoms with Crippen LogP contribution in [0.2, 0.25) is 0 Å². The molecule has 0 radical (unpaired) electrons. The van der Waals surface area contributed by atoms with Gasteiger partial charge in [0.1, 0.15) is 5.82 Å². The van der Waals surface area contributed by atoms with Crippen LogP contribution in [0.4, 0.5) is 14.7 Å². The Labute approximate surface area is 148 Å². The number of hydrogen-bond acceptors (Lipinski definition) is 5. The van der Waals surface area contributed by atoms with Gasteiger partial charge in [0.25, 0.3) is 5.56 Å². The van der Waals surface area contributed by atoms with Crippen molar-refractivity contribution in [3.8, 4) is 0 Å². The molecule has 4 N–H and O–H groups in total. The molecule has 9 heteroatoms. The number of anilines is 1. The minimum absolute atomic E-state index is 0.0591. The van der Waals surface area contributed by atoms with Crippen LogP contribution in [0, 0.1) is 11.6 Å². The third-order valence-electron chi connectivity index (χ3n) is 4.39. The summed E-state index contributed by atoms with van der Waals surface area (Å²) in [6.07, 6.45) is 2.51. The highest BCUT2D eigenvalue weighted by Crippen LogP contribution is 2.19. The molecular formula is C17H19F2N5O2. The van der Waals surface area contributed by atoms with Crippen LogP contribution in [0.25, 0.3) is 0 Å². The average molecular weight is 363 g/mol. The largest absolute Gasteiger partial charge is 0.366 e. The van der Waals surface area contributed by atoms with Crippen molar-refractivity contribution >= 4 is 11.9 Å². The van der Waals surface area contributed by atoms with E-state index in [4.69, 9.17) is 11.5 Å². The van der Waals surface area contributed by atoms with Crippen molar-refractivity contribution in [2.45, 2.75) is 25.4 Å². The molecule has 2 aromatic rings. The van der Waals surface area contributed by atoms with E-state index in [1.54, 1.807) is 4.90 Å². The van der Waals surface area contributed by atoms with Crippen LogP contribution in [0.5, 0.6) is 0 Å². The molecule has 1 amide bonds. The van der Waals surface area contributed by atoms with E-state index in [-0.39, 0.29) is 29.7 Å². The van der Waals surface area contributed by atoms with Crippen molar-refractivity contribution in [1.82, 2.24) is 9.55 Å². The number of aromatic nitrogens is 2. The molecule has 2 heterocycles. The summed E-state index contributed by atoms with van der Waals surface area (Å²) in [5.74, 6) is -2.17. The van der Waals surface area contributed by atoms with Gasteiger partial charge in [-0.25, -0.2) is 9.37 Å². The second kappa shape index (κ2) is 7.20. The number of carbonyl (C=O) groups is 1. The van der Waals surface area contributed by atoms with Crippen LogP contribution >= 0.6 is 0 Å². The highest BCUT2D eigenvalue weighted by molar-refractivity contribution is 5.94. The van der Waals surface area contributed by atoms with Crippen molar-refractivity contribution in [2.75, 3.05) is 18.0 Å². The standard InChI is InChI=1S/C17H19F2N5O2/c18-11-3-4-13(15(21)25)10(6-11)8-24-16(26)14(19)7-22-17(24)23-5-1-2-12(20)9-23/h3-4,6-7,12H,1-2,5,8-9,20H2,(H2,21,25)/t12-/m1/s1. The summed E-state index contributed by atoms with van der Waals surface area (Å²) in [5, 5.41) is 0. The van der Waals surface area contributed by atoms with Crippen molar-refractivity contribution in [3.63, 3.8) is 0 Å².